The largest absolute Gasteiger partial charge is 0.492 e. The molecule has 0 bridgehead atoms. The van der Waals surface area contributed by atoms with Crippen molar-refractivity contribution >= 4 is 58.2 Å². The average Bonchev–Trinajstić information content (AvgIpc) is 3.53. The zero-order valence-electron chi connectivity index (χ0n) is 23.2. The highest BCUT2D eigenvalue weighted by Crippen LogP contribution is 2.27. The predicted octanol–water partition coefficient (Wildman–Crippen LogP) is 5.24. The molecule has 14 heteroatoms. The third-order valence-electron chi connectivity index (χ3n) is 6.77. The molecular weight excluding hydrogens is 615 g/mol. The van der Waals surface area contributed by atoms with E-state index < -0.39 is 6.04 Å². The fraction of sp³-hybridized carbons (Fsp3) is 0.276. The maximum absolute atomic E-state index is 13.2. The maximum atomic E-state index is 13.2. The number of aryl methyl sites for hydroxylation is 1. The van der Waals surface area contributed by atoms with Crippen LogP contribution in [0.3, 0.4) is 0 Å². The number of urea groups is 1. The summed E-state index contributed by atoms with van der Waals surface area (Å²) in [5, 5.41) is 6.74. The van der Waals surface area contributed by atoms with Gasteiger partial charge in [0.2, 0.25) is 11.9 Å². The highest BCUT2D eigenvalue weighted by molar-refractivity contribution is 6.42. The van der Waals surface area contributed by atoms with Crippen molar-refractivity contribution in [3.05, 3.63) is 88.0 Å². The van der Waals surface area contributed by atoms with E-state index in [2.05, 4.69) is 25.6 Å². The summed E-state index contributed by atoms with van der Waals surface area (Å²) in [4.78, 5) is 43.0. The van der Waals surface area contributed by atoms with Crippen molar-refractivity contribution in [2.45, 2.75) is 19.4 Å². The number of ether oxygens (including phenoxy) is 1. The number of carbonyl (C=O) groups is 2. The fourth-order valence-electron chi connectivity index (χ4n) is 4.61. The Morgan fingerprint density at radius 3 is 2.58 bits per heavy atom. The summed E-state index contributed by atoms with van der Waals surface area (Å²) in [6.07, 6.45) is 5.00. The molecule has 3 amide bonds. The van der Waals surface area contributed by atoms with Crippen LogP contribution in [0.1, 0.15) is 12.0 Å². The summed E-state index contributed by atoms with van der Waals surface area (Å²) in [5.74, 6) is 1.42. The summed E-state index contributed by atoms with van der Waals surface area (Å²) < 4.78 is 7.38. The molecule has 2 N–H and O–H groups in total. The van der Waals surface area contributed by atoms with Crippen LogP contribution in [0.15, 0.2) is 67.3 Å². The van der Waals surface area contributed by atoms with Gasteiger partial charge < -0.3 is 25.2 Å². The molecule has 4 aromatic rings. The second kappa shape index (κ2) is 13.9. The Bertz CT molecular complexity index is 1570. The van der Waals surface area contributed by atoms with Crippen molar-refractivity contribution in [1.82, 2.24) is 29.7 Å². The van der Waals surface area contributed by atoms with Crippen molar-refractivity contribution in [3.63, 3.8) is 0 Å². The zero-order valence-corrected chi connectivity index (χ0v) is 25.5. The Balaban J connectivity index is 1.28. The molecule has 2 aromatic carbocycles. The normalized spacial score (nSPS) is 14.8. The van der Waals surface area contributed by atoms with E-state index in [1.54, 1.807) is 52.5 Å². The number of halogens is 3. The Kier molecular flexibility index (Phi) is 9.86. The molecule has 2 aromatic heterocycles. The number of aromatic nitrogens is 4. The highest BCUT2D eigenvalue weighted by atomic mass is 35.5. The predicted molar refractivity (Wildman–Crippen MR) is 167 cm³/mol. The number of piperazine rings is 1. The van der Waals surface area contributed by atoms with Gasteiger partial charge in [-0.1, -0.05) is 52.5 Å². The highest BCUT2D eigenvalue weighted by Gasteiger charge is 2.32. The van der Waals surface area contributed by atoms with Crippen molar-refractivity contribution in [2.24, 2.45) is 0 Å². The molecule has 43 heavy (non-hydrogen) atoms. The quantitative estimate of drug-likeness (QED) is 0.189. The van der Waals surface area contributed by atoms with Crippen LogP contribution in [-0.2, 0) is 4.79 Å². The molecule has 0 saturated carbocycles. The Labute approximate surface area is 263 Å². The monoisotopic (exact) mass is 642 g/mol. The number of hydrogen-bond donors (Lipinski definition) is 2. The third kappa shape index (κ3) is 8.07. The Hall–Kier alpha value is -4.06. The fourth-order valence-corrected chi connectivity index (χ4v) is 5.08. The molecule has 5 rings (SSSR count). The van der Waals surface area contributed by atoms with E-state index in [0.29, 0.717) is 53.7 Å². The van der Waals surface area contributed by atoms with Crippen molar-refractivity contribution in [2.75, 3.05) is 43.0 Å². The lowest BCUT2D eigenvalue weighted by Crippen LogP contribution is -2.57. The second-order valence-corrected chi connectivity index (χ2v) is 11.1. The summed E-state index contributed by atoms with van der Waals surface area (Å²) in [5.41, 5.74) is 1.65. The molecular formula is C29H29Cl3N8O3. The molecule has 1 atom stereocenters. The molecule has 1 fully saturated rings. The van der Waals surface area contributed by atoms with Gasteiger partial charge in [0.1, 0.15) is 29.7 Å². The van der Waals surface area contributed by atoms with Gasteiger partial charge in [0.05, 0.1) is 22.6 Å². The molecule has 0 spiro atoms. The van der Waals surface area contributed by atoms with Crippen LogP contribution in [-0.4, -0.2) is 75.2 Å². The van der Waals surface area contributed by atoms with Crippen LogP contribution in [0.2, 0.25) is 15.2 Å². The number of nitrogens with one attached hydrogen (secondary N) is 2. The number of hydrogen-bond acceptors (Lipinski definition) is 7. The molecule has 0 radical (unpaired) electrons. The van der Waals surface area contributed by atoms with Gasteiger partial charge in [-0.25, -0.2) is 14.8 Å². The molecule has 1 aliphatic rings. The van der Waals surface area contributed by atoms with Crippen LogP contribution in [0, 0.1) is 6.92 Å². The minimum absolute atomic E-state index is 0.100. The van der Waals surface area contributed by atoms with E-state index in [1.807, 2.05) is 36.1 Å². The van der Waals surface area contributed by atoms with Gasteiger partial charge in [0.15, 0.2) is 0 Å². The summed E-state index contributed by atoms with van der Waals surface area (Å²) in [6, 6.07) is 13.5. The van der Waals surface area contributed by atoms with Gasteiger partial charge in [0, 0.05) is 50.2 Å². The number of rotatable bonds is 9. The summed E-state index contributed by atoms with van der Waals surface area (Å²) >= 11 is 18.5. The lowest BCUT2D eigenvalue weighted by Gasteiger charge is -2.42. The Morgan fingerprint density at radius 1 is 1.02 bits per heavy atom. The molecule has 1 unspecified atom stereocenters. The summed E-state index contributed by atoms with van der Waals surface area (Å²) in [6.45, 7) is 3.67. The van der Waals surface area contributed by atoms with Gasteiger partial charge in [-0.2, -0.15) is 4.98 Å². The number of benzene rings is 2. The van der Waals surface area contributed by atoms with Crippen LogP contribution in [0.4, 0.5) is 16.3 Å². The smallest absolute Gasteiger partial charge is 0.321 e. The molecule has 1 saturated heterocycles. The second-order valence-electron chi connectivity index (χ2n) is 9.89. The number of carbonyl (C=O) groups excluding carboxylic acids is 2. The van der Waals surface area contributed by atoms with Gasteiger partial charge >= 0.3 is 6.03 Å². The van der Waals surface area contributed by atoms with Gasteiger partial charge in [0.25, 0.3) is 0 Å². The van der Waals surface area contributed by atoms with E-state index in [1.165, 1.54) is 0 Å². The van der Waals surface area contributed by atoms with Gasteiger partial charge in [-0.15, -0.1) is 0 Å². The van der Waals surface area contributed by atoms with E-state index in [0.717, 1.165) is 11.3 Å². The van der Waals surface area contributed by atoms with E-state index in [-0.39, 0.29) is 30.1 Å². The minimum Gasteiger partial charge on any atom is -0.492 e. The SMILES string of the molecule is Cc1ccc(OCCNC(=O)CC2CN(C(=O)Nc3ccc(Cl)c(Cl)c3)CCN2c2cc(Cl)nc(-n3ccnc3)n2)cc1. The Morgan fingerprint density at radius 2 is 1.84 bits per heavy atom. The first-order valence-electron chi connectivity index (χ1n) is 13.5. The molecule has 11 nitrogen and oxygen atoms in total. The third-order valence-corrected chi connectivity index (χ3v) is 7.71. The number of amides is 3. The van der Waals surface area contributed by atoms with Crippen LogP contribution in [0.5, 0.6) is 5.75 Å². The molecule has 3 heterocycles. The zero-order chi connectivity index (χ0) is 30.3. The van der Waals surface area contributed by atoms with E-state index >= 15 is 0 Å². The van der Waals surface area contributed by atoms with E-state index in [9.17, 15) is 9.59 Å². The van der Waals surface area contributed by atoms with Crippen LogP contribution >= 0.6 is 34.8 Å². The maximum Gasteiger partial charge on any atom is 0.321 e. The minimum atomic E-state index is -0.409. The first-order chi connectivity index (χ1) is 20.7. The topological polar surface area (TPSA) is 118 Å². The summed E-state index contributed by atoms with van der Waals surface area (Å²) in [7, 11) is 0. The number of imidazole rings is 1. The number of nitrogens with zero attached hydrogens (tertiary/aromatic N) is 6. The lowest BCUT2D eigenvalue weighted by molar-refractivity contribution is -0.121. The standard InChI is InChI=1S/C29H29Cl3N8O3/c1-19-2-5-22(6-3-19)43-13-9-34-27(41)15-21-17-38(29(42)35-20-4-7-23(30)24(31)14-20)11-12-40(21)26-16-25(32)36-28(37-26)39-10-8-33-18-39/h2-8,10,14,16,18,21H,9,11-13,15,17H2,1H3,(H,34,41)(H,35,42). The van der Waals surface area contributed by atoms with Gasteiger partial charge in [-0.05, 0) is 37.3 Å². The first-order valence-corrected chi connectivity index (χ1v) is 14.7. The molecule has 224 valence electrons. The van der Waals surface area contributed by atoms with Gasteiger partial charge in [-0.3, -0.25) is 9.36 Å². The molecule has 0 aliphatic carbocycles. The van der Waals surface area contributed by atoms with Crippen LogP contribution < -0.4 is 20.3 Å². The lowest BCUT2D eigenvalue weighted by atomic mass is 10.1. The van der Waals surface area contributed by atoms with E-state index in [4.69, 9.17) is 39.5 Å². The average molecular weight is 644 g/mol. The van der Waals surface area contributed by atoms with Crippen molar-refractivity contribution in [3.8, 4) is 11.7 Å². The van der Waals surface area contributed by atoms with Crippen molar-refractivity contribution in [1.29, 1.82) is 0 Å². The first kappa shape index (κ1) is 30.4. The number of anilines is 2. The van der Waals surface area contributed by atoms with Crippen molar-refractivity contribution < 1.29 is 14.3 Å². The van der Waals surface area contributed by atoms with Crippen LogP contribution in [0.25, 0.3) is 5.95 Å². The molecule has 1 aliphatic heterocycles.